The van der Waals surface area contributed by atoms with E-state index in [-0.39, 0.29) is 22.6 Å². The van der Waals surface area contributed by atoms with Crippen molar-refractivity contribution in [1.29, 1.82) is 0 Å². The Morgan fingerprint density at radius 1 is 1.03 bits per heavy atom. The molecule has 0 spiro atoms. The lowest BCUT2D eigenvalue weighted by molar-refractivity contribution is -0.258. The second-order valence-corrected chi connectivity index (χ2v) is 9.61. The fraction of sp³-hybridized carbons (Fsp3) is 0.350. The van der Waals surface area contributed by atoms with Crippen molar-refractivity contribution < 1.29 is 31.5 Å². The highest BCUT2D eigenvalue weighted by molar-refractivity contribution is 7.92. The molecule has 1 atom stereocenters. The predicted octanol–water partition coefficient (Wildman–Crippen LogP) is 3.82. The van der Waals surface area contributed by atoms with E-state index in [4.69, 9.17) is 0 Å². The maximum absolute atomic E-state index is 12.9. The predicted molar refractivity (Wildman–Crippen MR) is 103 cm³/mol. The molecule has 2 aromatic rings. The molecule has 0 aliphatic rings. The number of benzene rings is 2. The number of rotatable bonds is 6. The standard InChI is InChI=1S/C20H22F3NO4S/c1-13(2)29(27,28)17-10-4-14(5-11-17)12-18(25)24-16-8-6-15(7-9-16)19(3,26)20(21,22)23/h4-11,13,26H,12H2,1-3H3,(H,24,25). The number of hydrogen-bond acceptors (Lipinski definition) is 4. The molecule has 0 saturated carbocycles. The van der Waals surface area contributed by atoms with Gasteiger partial charge in [0.1, 0.15) is 0 Å². The number of nitrogens with one attached hydrogen (secondary N) is 1. The number of sulfone groups is 1. The van der Waals surface area contributed by atoms with Crippen molar-refractivity contribution in [2.45, 2.75) is 49.1 Å². The minimum Gasteiger partial charge on any atom is -0.376 e. The molecule has 158 valence electrons. The number of halogens is 3. The lowest BCUT2D eigenvalue weighted by Gasteiger charge is -2.26. The van der Waals surface area contributed by atoms with Gasteiger partial charge in [-0.15, -0.1) is 0 Å². The largest absolute Gasteiger partial charge is 0.421 e. The molecule has 0 aliphatic heterocycles. The molecule has 0 radical (unpaired) electrons. The lowest BCUT2D eigenvalue weighted by Crippen LogP contribution is -2.39. The third kappa shape index (κ3) is 5.16. The number of hydrogen-bond donors (Lipinski definition) is 2. The van der Waals surface area contributed by atoms with Crippen LogP contribution in [0.5, 0.6) is 0 Å². The minimum absolute atomic E-state index is 0.0377. The van der Waals surface area contributed by atoms with Crippen LogP contribution in [0.2, 0.25) is 0 Å². The van der Waals surface area contributed by atoms with Gasteiger partial charge in [-0.2, -0.15) is 13.2 Å². The summed E-state index contributed by atoms with van der Waals surface area (Å²) in [5, 5.41) is 11.6. The zero-order chi connectivity index (χ0) is 22.0. The summed E-state index contributed by atoms with van der Waals surface area (Å²) in [6.45, 7) is 3.82. The summed E-state index contributed by atoms with van der Waals surface area (Å²) in [7, 11) is -3.40. The second-order valence-electron chi connectivity index (χ2n) is 7.11. The summed E-state index contributed by atoms with van der Waals surface area (Å²) in [4.78, 5) is 12.3. The highest BCUT2D eigenvalue weighted by Crippen LogP contribution is 2.38. The Balaban J connectivity index is 2.05. The van der Waals surface area contributed by atoms with Crippen molar-refractivity contribution in [3.05, 3.63) is 59.7 Å². The van der Waals surface area contributed by atoms with Crippen molar-refractivity contribution in [2.24, 2.45) is 0 Å². The van der Waals surface area contributed by atoms with Gasteiger partial charge >= 0.3 is 6.18 Å². The van der Waals surface area contributed by atoms with Gasteiger partial charge in [0.25, 0.3) is 0 Å². The van der Waals surface area contributed by atoms with Crippen molar-refractivity contribution in [1.82, 2.24) is 0 Å². The molecule has 0 saturated heterocycles. The van der Waals surface area contributed by atoms with E-state index in [0.29, 0.717) is 12.5 Å². The molecule has 2 aromatic carbocycles. The van der Waals surface area contributed by atoms with Crippen LogP contribution < -0.4 is 5.32 Å². The summed E-state index contributed by atoms with van der Waals surface area (Å²) in [5.41, 5.74) is -2.48. The summed E-state index contributed by atoms with van der Waals surface area (Å²) >= 11 is 0. The Kier molecular flexibility index (Phi) is 6.44. The van der Waals surface area contributed by atoms with E-state index < -0.39 is 32.8 Å². The summed E-state index contributed by atoms with van der Waals surface area (Å²) < 4.78 is 62.8. The van der Waals surface area contributed by atoms with Crippen LogP contribution in [0.3, 0.4) is 0 Å². The Hall–Kier alpha value is -2.39. The van der Waals surface area contributed by atoms with Gasteiger partial charge in [-0.3, -0.25) is 4.79 Å². The number of anilines is 1. The normalized spacial score (nSPS) is 14.5. The first-order valence-corrected chi connectivity index (χ1v) is 10.3. The highest BCUT2D eigenvalue weighted by atomic mass is 32.2. The van der Waals surface area contributed by atoms with Gasteiger partial charge in [0.05, 0.1) is 16.6 Å². The molecule has 2 N–H and O–H groups in total. The number of carbonyl (C=O) groups is 1. The molecular weight excluding hydrogens is 407 g/mol. The average Bonchev–Trinajstić information content (AvgIpc) is 2.61. The van der Waals surface area contributed by atoms with Crippen molar-refractivity contribution in [3.63, 3.8) is 0 Å². The molecule has 1 amide bonds. The molecule has 5 nitrogen and oxygen atoms in total. The Labute approximate surface area is 167 Å². The van der Waals surface area contributed by atoms with E-state index in [1.54, 1.807) is 26.0 Å². The number of aliphatic hydroxyl groups is 1. The van der Waals surface area contributed by atoms with E-state index in [0.717, 1.165) is 12.1 Å². The Morgan fingerprint density at radius 2 is 1.55 bits per heavy atom. The summed E-state index contributed by atoms with van der Waals surface area (Å²) in [5.74, 6) is -0.417. The highest BCUT2D eigenvalue weighted by Gasteiger charge is 2.51. The summed E-state index contributed by atoms with van der Waals surface area (Å²) in [6, 6.07) is 10.7. The monoisotopic (exact) mass is 429 g/mol. The molecule has 0 fully saturated rings. The van der Waals surface area contributed by atoms with Crippen LogP contribution in [0.1, 0.15) is 31.9 Å². The van der Waals surface area contributed by atoms with Crippen LogP contribution in [-0.2, 0) is 26.7 Å². The first-order valence-electron chi connectivity index (χ1n) is 8.77. The van der Waals surface area contributed by atoms with E-state index in [1.165, 1.54) is 24.3 Å². The van der Waals surface area contributed by atoms with Gasteiger partial charge in [0.15, 0.2) is 15.4 Å². The Morgan fingerprint density at radius 3 is 2.00 bits per heavy atom. The molecule has 9 heteroatoms. The molecular formula is C20H22F3NO4S. The number of amides is 1. The van der Waals surface area contributed by atoms with Crippen molar-refractivity contribution in [3.8, 4) is 0 Å². The fourth-order valence-corrected chi connectivity index (χ4v) is 3.56. The quantitative estimate of drug-likeness (QED) is 0.731. The van der Waals surface area contributed by atoms with Crippen molar-refractivity contribution in [2.75, 3.05) is 5.32 Å². The number of carbonyl (C=O) groups excluding carboxylic acids is 1. The number of alkyl halides is 3. The average molecular weight is 429 g/mol. The third-order valence-electron chi connectivity index (χ3n) is 4.52. The first kappa shape index (κ1) is 22.9. The topological polar surface area (TPSA) is 83.5 Å². The van der Waals surface area contributed by atoms with Crippen molar-refractivity contribution >= 4 is 21.4 Å². The van der Waals surface area contributed by atoms with E-state index >= 15 is 0 Å². The van der Waals surface area contributed by atoms with Crippen LogP contribution in [0, 0.1) is 0 Å². The molecule has 0 aromatic heterocycles. The molecule has 29 heavy (non-hydrogen) atoms. The van der Waals surface area contributed by atoms with Crippen LogP contribution >= 0.6 is 0 Å². The lowest BCUT2D eigenvalue weighted by atomic mass is 9.95. The molecule has 2 rings (SSSR count). The molecule has 0 heterocycles. The van der Waals surface area contributed by atoms with Gasteiger partial charge in [0.2, 0.25) is 5.91 Å². The first-order chi connectivity index (χ1) is 13.2. The smallest absolute Gasteiger partial charge is 0.376 e. The third-order valence-corrected chi connectivity index (χ3v) is 6.69. The maximum Gasteiger partial charge on any atom is 0.421 e. The SMILES string of the molecule is CC(C)S(=O)(=O)c1ccc(CC(=O)Nc2ccc(C(C)(O)C(F)(F)F)cc2)cc1. The van der Waals surface area contributed by atoms with Crippen LogP contribution in [0.4, 0.5) is 18.9 Å². The zero-order valence-electron chi connectivity index (χ0n) is 16.1. The Bertz CT molecular complexity index is 964. The molecule has 0 bridgehead atoms. The van der Waals surface area contributed by atoms with Crippen LogP contribution in [-0.4, -0.2) is 30.9 Å². The van der Waals surface area contributed by atoms with Gasteiger partial charge < -0.3 is 10.4 Å². The maximum atomic E-state index is 12.9. The van der Waals surface area contributed by atoms with Gasteiger partial charge in [0, 0.05) is 5.69 Å². The van der Waals surface area contributed by atoms with Crippen LogP contribution in [0.15, 0.2) is 53.4 Å². The molecule has 1 unspecified atom stereocenters. The minimum atomic E-state index is -4.83. The van der Waals surface area contributed by atoms with E-state index in [1.807, 2.05) is 0 Å². The van der Waals surface area contributed by atoms with Gasteiger partial charge in [-0.25, -0.2) is 8.42 Å². The zero-order valence-corrected chi connectivity index (χ0v) is 16.9. The fourth-order valence-electron chi connectivity index (χ4n) is 2.50. The van der Waals surface area contributed by atoms with E-state index in [2.05, 4.69) is 5.32 Å². The second kappa shape index (κ2) is 8.16. The summed E-state index contributed by atoms with van der Waals surface area (Å²) in [6.07, 6.45) is -4.86. The van der Waals surface area contributed by atoms with Gasteiger partial charge in [-0.1, -0.05) is 24.3 Å². The van der Waals surface area contributed by atoms with Crippen LogP contribution in [0.25, 0.3) is 0 Å². The molecule has 0 aliphatic carbocycles. The van der Waals surface area contributed by atoms with E-state index in [9.17, 15) is 31.5 Å². The van der Waals surface area contributed by atoms with Gasteiger partial charge in [-0.05, 0) is 56.2 Å².